The number of amides is 3. The molecule has 2 aromatic rings. The summed E-state index contributed by atoms with van der Waals surface area (Å²) in [6, 6.07) is 8.56. The first-order chi connectivity index (χ1) is 10.5. The van der Waals surface area contributed by atoms with E-state index in [0.717, 1.165) is 15.6 Å². The number of hydrogen-bond donors (Lipinski definition) is 1. The predicted octanol–water partition coefficient (Wildman–Crippen LogP) is 2.25. The predicted molar refractivity (Wildman–Crippen MR) is 83.6 cm³/mol. The fourth-order valence-electron chi connectivity index (χ4n) is 2.25. The van der Waals surface area contributed by atoms with Crippen LogP contribution in [0.4, 0.5) is 4.79 Å². The fourth-order valence-corrected chi connectivity index (χ4v) is 2.82. The molecule has 3 rings (SSSR count). The molecule has 1 aromatic carbocycles. The first-order valence-electron chi connectivity index (χ1n) is 6.69. The number of nitrogens with zero attached hydrogens (tertiary/aromatic N) is 3. The SMILES string of the molecule is Cc1nc(/C=N\N2C(=O)N[C@](C)(c3ccccc3)C2=O)cs1. The van der Waals surface area contributed by atoms with E-state index in [2.05, 4.69) is 15.4 Å². The monoisotopic (exact) mass is 314 g/mol. The van der Waals surface area contributed by atoms with Crippen molar-refractivity contribution in [2.75, 3.05) is 0 Å². The van der Waals surface area contributed by atoms with Gasteiger partial charge in [0.1, 0.15) is 5.54 Å². The number of carbonyl (C=O) groups is 2. The second kappa shape index (κ2) is 5.34. The van der Waals surface area contributed by atoms with Crippen LogP contribution in [-0.4, -0.2) is 28.1 Å². The lowest BCUT2D eigenvalue weighted by atomic mass is 9.92. The van der Waals surface area contributed by atoms with Crippen molar-refractivity contribution < 1.29 is 9.59 Å². The van der Waals surface area contributed by atoms with Crippen molar-refractivity contribution in [2.24, 2.45) is 5.10 Å². The van der Waals surface area contributed by atoms with Gasteiger partial charge in [0, 0.05) is 5.38 Å². The smallest absolute Gasteiger partial charge is 0.318 e. The molecule has 112 valence electrons. The Bertz CT molecular complexity index is 756. The van der Waals surface area contributed by atoms with Crippen molar-refractivity contribution in [1.82, 2.24) is 15.3 Å². The van der Waals surface area contributed by atoms with Crippen LogP contribution < -0.4 is 5.32 Å². The molecule has 0 unspecified atom stereocenters. The van der Waals surface area contributed by atoms with Crippen molar-refractivity contribution in [3.63, 3.8) is 0 Å². The molecule has 22 heavy (non-hydrogen) atoms. The normalized spacial score (nSPS) is 21.6. The number of hydrazone groups is 1. The maximum Gasteiger partial charge on any atom is 0.346 e. The molecule has 1 aromatic heterocycles. The van der Waals surface area contributed by atoms with Crippen molar-refractivity contribution in [1.29, 1.82) is 0 Å². The van der Waals surface area contributed by atoms with E-state index in [0.29, 0.717) is 5.69 Å². The van der Waals surface area contributed by atoms with Crippen molar-refractivity contribution in [3.05, 3.63) is 52.0 Å². The number of benzene rings is 1. The van der Waals surface area contributed by atoms with Gasteiger partial charge in [0.25, 0.3) is 5.91 Å². The van der Waals surface area contributed by atoms with Gasteiger partial charge in [-0.3, -0.25) is 4.79 Å². The molecule has 0 aliphatic carbocycles. The molecule has 0 bridgehead atoms. The van der Waals surface area contributed by atoms with E-state index < -0.39 is 17.5 Å². The summed E-state index contributed by atoms with van der Waals surface area (Å²) in [5.74, 6) is -0.410. The quantitative estimate of drug-likeness (QED) is 0.697. The zero-order chi connectivity index (χ0) is 15.7. The zero-order valence-corrected chi connectivity index (χ0v) is 12.9. The number of hydrogen-bond acceptors (Lipinski definition) is 5. The summed E-state index contributed by atoms with van der Waals surface area (Å²) in [6.07, 6.45) is 1.41. The van der Waals surface area contributed by atoms with Crippen LogP contribution >= 0.6 is 11.3 Å². The number of aromatic nitrogens is 1. The van der Waals surface area contributed by atoms with Gasteiger partial charge in [-0.1, -0.05) is 30.3 Å². The highest BCUT2D eigenvalue weighted by molar-refractivity contribution is 7.09. The maximum absolute atomic E-state index is 12.6. The van der Waals surface area contributed by atoms with E-state index in [1.165, 1.54) is 17.6 Å². The summed E-state index contributed by atoms with van der Waals surface area (Å²) in [5, 5.41) is 10.2. The molecule has 1 saturated heterocycles. The van der Waals surface area contributed by atoms with Crippen molar-refractivity contribution >= 4 is 29.5 Å². The molecule has 0 saturated carbocycles. The number of urea groups is 1. The molecule has 2 heterocycles. The average molecular weight is 314 g/mol. The van der Waals surface area contributed by atoms with Crippen LogP contribution in [0.15, 0.2) is 40.8 Å². The van der Waals surface area contributed by atoms with E-state index in [-0.39, 0.29) is 0 Å². The number of thiazole rings is 1. The van der Waals surface area contributed by atoms with Crippen LogP contribution in [0.1, 0.15) is 23.2 Å². The Morgan fingerprint density at radius 2 is 2.05 bits per heavy atom. The minimum absolute atomic E-state index is 0.410. The third kappa shape index (κ3) is 2.39. The first kappa shape index (κ1) is 14.4. The minimum Gasteiger partial charge on any atom is -0.318 e. The highest BCUT2D eigenvalue weighted by Crippen LogP contribution is 2.28. The fraction of sp³-hybridized carbons (Fsp3) is 0.200. The molecule has 1 aliphatic heterocycles. The summed E-state index contributed by atoms with van der Waals surface area (Å²) in [7, 11) is 0. The van der Waals surface area contributed by atoms with Crippen molar-refractivity contribution in [3.8, 4) is 0 Å². The van der Waals surface area contributed by atoms with Crippen LogP contribution in [0.5, 0.6) is 0 Å². The Balaban J connectivity index is 1.87. The van der Waals surface area contributed by atoms with Crippen LogP contribution in [-0.2, 0) is 10.3 Å². The van der Waals surface area contributed by atoms with Crippen LogP contribution in [0, 0.1) is 6.92 Å². The van der Waals surface area contributed by atoms with Gasteiger partial charge < -0.3 is 5.32 Å². The highest BCUT2D eigenvalue weighted by Gasteiger charge is 2.49. The number of rotatable bonds is 3. The Hall–Kier alpha value is -2.54. The molecular weight excluding hydrogens is 300 g/mol. The third-order valence-corrected chi connectivity index (χ3v) is 4.25. The first-order valence-corrected chi connectivity index (χ1v) is 7.57. The van der Waals surface area contributed by atoms with E-state index in [1.807, 2.05) is 30.5 Å². The Labute approximate surface area is 131 Å². The van der Waals surface area contributed by atoms with Gasteiger partial charge in [-0.05, 0) is 19.4 Å². The largest absolute Gasteiger partial charge is 0.346 e. The Morgan fingerprint density at radius 3 is 2.68 bits per heavy atom. The summed E-state index contributed by atoms with van der Waals surface area (Å²) >= 11 is 1.48. The van der Waals surface area contributed by atoms with E-state index in [4.69, 9.17) is 0 Å². The van der Waals surface area contributed by atoms with Gasteiger partial charge in [0.15, 0.2) is 0 Å². The lowest BCUT2D eigenvalue weighted by Gasteiger charge is -2.20. The topological polar surface area (TPSA) is 74.7 Å². The minimum atomic E-state index is -1.10. The standard InChI is InChI=1S/C15H14N4O2S/c1-10-17-12(9-22-10)8-16-19-13(20)15(2,18-14(19)21)11-6-4-3-5-7-11/h3-9H,1-2H3,(H,18,21)/b16-8-/t15-/m1/s1. The lowest BCUT2D eigenvalue weighted by Crippen LogP contribution is -2.40. The van der Waals surface area contributed by atoms with Gasteiger partial charge in [-0.15, -0.1) is 16.3 Å². The average Bonchev–Trinajstić information content (AvgIpc) is 3.02. The summed E-state index contributed by atoms with van der Waals surface area (Å²) in [5.41, 5.74) is 0.236. The van der Waals surface area contributed by atoms with Gasteiger partial charge in [-0.2, -0.15) is 5.10 Å². The number of imide groups is 1. The van der Waals surface area contributed by atoms with Crippen LogP contribution in [0.25, 0.3) is 0 Å². The molecule has 1 aliphatic rings. The van der Waals surface area contributed by atoms with Gasteiger partial charge >= 0.3 is 6.03 Å². The summed E-state index contributed by atoms with van der Waals surface area (Å²) in [6.45, 7) is 3.55. The van der Waals surface area contributed by atoms with Gasteiger partial charge in [-0.25, -0.2) is 9.78 Å². The number of carbonyl (C=O) groups excluding carboxylic acids is 2. The second-order valence-corrected chi connectivity index (χ2v) is 6.14. The second-order valence-electron chi connectivity index (χ2n) is 5.07. The van der Waals surface area contributed by atoms with E-state index >= 15 is 0 Å². The molecule has 1 fully saturated rings. The highest BCUT2D eigenvalue weighted by atomic mass is 32.1. The van der Waals surface area contributed by atoms with Crippen LogP contribution in [0.2, 0.25) is 0 Å². The van der Waals surface area contributed by atoms with E-state index in [1.54, 1.807) is 19.1 Å². The lowest BCUT2D eigenvalue weighted by molar-refractivity contribution is -0.131. The van der Waals surface area contributed by atoms with Crippen LogP contribution in [0.3, 0.4) is 0 Å². The molecule has 7 heteroatoms. The number of nitrogens with one attached hydrogen (secondary N) is 1. The van der Waals surface area contributed by atoms with Gasteiger partial charge in [0.2, 0.25) is 0 Å². The molecule has 6 nitrogen and oxygen atoms in total. The molecule has 0 radical (unpaired) electrons. The summed E-state index contributed by atoms with van der Waals surface area (Å²) in [4.78, 5) is 28.9. The van der Waals surface area contributed by atoms with Gasteiger partial charge in [0.05, 0.1) is 16.9 Å². The molecule has 0 spiro atoms. The van der Waals surface area contributed by atoms with Crippen molar-refractivity contribution in [2.45, 2.75) is 19.4 Å². The third-order valence-electron chi connectivity index (χ3n) is 3.46. The molecule has 1 atom stereocenters. The maximum atomic E-state index is 12.6. The molecule has 1 N–H and O–H groups in total. The summed E-state index contributed by atoms with van der Waals surface area (Å²) < 4.78 is 0. The zero-order valence-electron chi connectivity index (χ0n) is 12.1. The molecular formula is C15H14N4O2S. The van der Waals surface area contributed by atoms with E-state index in [9.17, 15) is 9.59 Å². The number of aryl methyl sites for hydroxylation is 1. The Kier molecular flexibility index (Phi) is 3.50. The Morgan fingerprint density at radius 1 is 1.32 bits per heavy atom. The molecule has 3 amide bonds.